The van der Waals surface area contributed by atoms with Gasteiger partial charge in [-0.3, -0.25) is 14.9 Å². The average Bonchev–Trinajstić information content (AvgIpc) is 2.62. The van der Waals surface area contributed by atoms with Crippen LogP contribution in [0.1, 0.15) is 36.8 Å². The van der Waals surface area contributed by atoms with Crippen molar-refractivity contribution in [1.29, 1.82) is 0 Å². The third kappa shape index (κ3) is 2.38. The van der Waals surface area contributed by atoms with Gasteiger partial charge in [-0.1, -0.05) is 36.8 Å². The first-order valence-electron chi connectivity index (χ1n) is 6.02. The van der Waals surface area contributed by atoms with E-state index in [2.05, 4.69) is 24.4 Å². The highest BCUT2D eigenvalue weighted by atomic mass is 16.2. The van der Waals surface area contributed by atoms with Crippen LogP contribution in [0.25, 0.3) is 0 Å². The predicted molar refractivity (Wildman–Crippen MR) is 65.5 cm³/mol. The lowest BCUT2D eigenvalue weighted by atomic mass is 9.83. The molecule has 90 valence electrons. The van der Waals surface area contributed by atoms with Crippen LogP contribution in [-0.4, -0.2) is 11.8 Å². The van der Waals surface area contributed by atoms with Gasteiger partial charge in [0, 0.05) is 6.42 Å². The van der Waals surface area contributed by atoms with Crippen LogP contribution in [0.4, 0.5) is 0 Å². The summed E-state index contributed by atoms with van der Waals surface area (Å²) in [4.78, 5) is 22.9. The van der Waals surface area contributed by atoms with E-state index in [9.17, 15) is 9.59 Å². The lowest BCUT2D eigenvalue weighted by Gasteiger charge is -2.19. The van der Waals surface area contributed by atoms with Crippen LogP contribution >= 0.6 is 0 Å². The molecule has 1 N–H and O–H groups in total. The van der Waals surface area contributed by atoms with Crippen molar-refractivity contribution in [3.8, 4) is 0 Å². The Balaban J connectivity index is 2.24. The maximum atomic E-state index is 11.7. The molecule has 1 fully saturated rings. The lowest BCUT2D eigenvalue weighted by molar-refractivity contribution is -0.126. The van der Waals surface area contributed by atoms with E-state index >= 15 is 0 Å². The van der Waals surface area contributed by atoms with Gasteiger partial charge in [0.1, 0.15) is 0 Å². The van der Waals surface area contributed by atoms with Gasteiger partial charge in [-0.2, -0.15) is 0 Å². The molecule has 0 radical (unpaired) electrons. The van der Waals surface area contributed by atoms with E-state index in [4.69, 9.17) is 0 Å². The third-order valence-corrected chi connectivity index (χ3v) is 3.44. The number of carbonyl (C=O) groups excluding carboxylic acids is 2. The van der Waals surface area contributed by atoms with Crippen molar-refractivity contribution in [2.45, 2.75) is 32.6 Å². The molecule has 2 unspecified atom stereocenters. The standard InChI is InChI=1S/C14H17NO2/c1-3-11(10-6-4-9(2)5-7-10)12-8-13(16)15-14(12)17/h4-7,11-12H,3,8H2,1-2H3,(H,15,16,17). The highest BCUT2D eigenvalue weighted by molar-refractivity contribution is 6.03. The van der Waals surface area contributed by atoms with Gasteiger partial charge in [0.2, 0.25) is 11.8 Å². The Morgan fingerprint density at radius 2 is 1.94 bits per heavy atom. The van der Waals surface area contributed by atoms with Crippen LogP contribution in [0.2, 0.25) is 0 Å². The van der Waals surface area contributed by atoms with E-state index in [1.54, 1.807) is 0 Å². The molecule has 2 amide bonds. The quantitative estimate of drug-likeness (QED) is 0.810. The summed E-state index contributed by atoms with van der Waals surface area (Å²) >= 11 is 0. The summed E-state index contributed by atoms with van der Waals surface area (Å²) in [7, 11) is 0. The number of carbonyl (C=O) groups is 2. The molecule has 0 saturated carbocycles. The van der Waals surface area contributed by atoms with Crippen LogP contribution in [0, 0.1) is 12.8 Å². The Bertz CT molecular complexity index is 436. The minimum absolute atomic E-state index is 0.123. The normalized spacial score (nSPS) is 21.4. The molecule has 0 aliphatic carbocycles. The van der Waals surface area contributed by atoms with Gasteiger partial charge in [-0.05, 0) is 24.8 Å². The van der Waals surface area contributed by atoms with E-state index in [-0.39, 0.29) is 23.7 Å². The smallest absolute Gasteiger partial charge is 0.230 e. The molecule has 1 aromatic rings. The van der Waals surface area contributed by atoms with Crippen LogP contribution in [0.15, 0.2) is 24.3 Å². The largest absolute Gasteiger partial charge is 0.296 e. The molecular weight excluding hydrogens is 214 g/mol. The number of imide groups is 1. The van der Waals surface area contributed by atoms with Crippen LogP contribution < -0.4 is 5.32 Å². The highest BCUT2D eigenvalue weighted by Crippen LogP contribution is 2.32. The summed E-state index contributed by atoms with van der Waals surface area (Å²) in [5.74, 6) is -0.328. The van der Waals surface area contributed by atoms with Gasteiger partial charge in [-0.25, -0.2) is 0 Å². The Hall–Kier alpha value is -1.64. The first-order chi connectivity index (χ1) is 8.11. The second kappa shape index (κ2) is 4.70. The van der Waals surface area contributed by atoms with E-state index in [0.717, 1.165) is 12.0 Å². The van der Waals surface area contributed by atoms with Crippen LogP contribution in [0.3, 0.4) is 0 Å². The zero-order chi connectivity index (χ0) is 12.4. The summed E-state index contributed by atoms with van der Waals surface area (Å²) in [6.07, 6.45) is 1.19. The van der Waals surface area contributed by atoms with Gasteiger partial charge in [0.15, 0.2) is 0 Å². The molecule has 1 aromatic carbocycles. The summed E-state index contributed by atoms with van der Waals surface area (Å²) in [5.41, 5.74) is 2.35. The van der Waals surface area contributed by atoms with Crippen molar-refractivity contribution >= 4 is 11.8 Å². The first kappa shape index (κ1) is 11.8. The number of nitrogens with one attached hydrogen (secondary N) is 1. The predicted octanol–water partition coefficient (Wildman–Crippen LogP) is 2.15. The van der Waals surface area contributed by atoms with E-state index in [0.29, 0.717) is 6.42 Å². The number of hydrogen-bond donors (Lipinski definition) is 1. The van der Waals surface area contributed by atoms with Crippen LogP contribution in [-0.2, 0) is 9.59 Å². The summed E-state index contributed by atoms with van der Waals surface area (Å²) in [6, 6.07) is 8.21. The minimum atomic E-state index is -0.199. The molecule has 1 aliphatic heterocycles. The maximum absolute atomic E-state index is 11.7. The number of amides is 2. The Labute approximate surface area is 101 Å². The second-order valence-corrected chi connectivity index (χ2v) is 4.65. The summed E-state index contributed by atoms with van der Waals surface area (Å²) in [5, 5.41) is 2.38. The van der Waals surface area contributed by atoms with Crippen molar-refractivity contribution in [3.63, 3.8) is 0 Å². The molecule has 2 atom stereocenters. The molecule has 0 aromatic heterocycles. The van der Waals surface area contributed by atoms with Crippen molar-refractivity contribution in [3.05, 3.63) is 35.4 Å². The number of rotatable bonds is 3. The summed E-state index contributed by atoms with van der Waals surface area (Å²) < 4.78 is 0. The molecule has 3 nitrogen and oxygen atoms in total. The van der Waals surface area contributed by atoms with E-state index in [1.807, 2.05) is 19.1 Å². The van der Waals surface area contributed by atoms with Gasteiger partial charge in [0.25, 0.3) is 0 Å². The van der Waals surface area contributed by atoms with Crippen molar-refractivity contribution in [2.24, 2.45) is 5.92 Å². The number of hydrogen-bond acceptors (Lipinski definition) is 2. The third-order valence-electron chi connectivity index (χ3n) is 3.44. The fourth-order valence-corrected chi connectivity index (χ4v) is 2.46. The van der Waals surface area contributed by atoms with Gasteiger partial charge in [-0.15, -0.1) is 0 Å². The Morgan fingerprint density at radius 1 is 1.29 bits per heavy atom. The van der Waals surface area contributed by atoms with Gasteiger partial charge in [0.05, 0.1) is 5.92 Å². The monoisotopic (exact) mass is 231 g/mol. The van der Waals surface area contributed by atoms with Crippen molar-refractivity contribution < 1.29 is 9.59 Å². The van der Waals surface area contributed by atoms with Gasteiger partial charge < -0.3 is 0 Å². The van der Waals surface area contributed by atoms with E-state index < -0.39 is 0 Å². The van der Waals surface area contributed by atoms with Crippen LogP contribution in [0.5, 0.6) is 0 Å². The fraction of sp³-hybridized carbons (Fsp3) is 0.429. The minimum Gasteiger partial charge on any atom is -0.296 e. The molecule has 1 aliphatic rings. The van der Waals surface area contributed by atoms with Crippen molar-refractivity contribution in [2.75, 3.05) is 0 Å². The summed E-state index contributed by atoms with van der Waals surface area (Å²) in [6.45, 7) is 4.09. The molecule has 1 heterocycles. The maximum Gasteiger partial charge on any atom is 0.230 e. The molecule has 0 bridgehead atoms. The van der Waals surface area contributed by atoms with Gasteiger partial charge >= 0.3 is 0 Å². The molecular formula is C14H17NO2. The highest BCUT2D eigenvalue weighted by Gasteiger charge is 2.36. The number of benzene rings is 1. The molecule has 3 heteroatoms. The average molecular weight is 231 g/mol. The Morgan fingerprint density at radius 3 is 2.41 bits per heavy atom. The first-order valence-corrected chi connectivity index (χ1v) is 6.02. The fourth-order valence-electron chi connectivity index (χ4n) is 2.46. The number of aryl methyl sites for hydroxylation is 1. The lowest BCUT2D eigenvalue weighted by Crippen LogP contribution is -2.25. The second-order valence-electron chi connectivity index (χ2n) is 4.65. The van der Waals surface area contributed by atoms with E-state index in [1.165, 1.54) is 5.56 Å². The zero-order valence-electron chi connectivity index (χ0n) is 10.2. The topological polar surface area (TPSA) is 46.2 Å². The SMILES string of the molecule is CCC(c1ccc(C)cc1)C1CC(=O)NC1=O. The molecule has 1 saturated heterocycles. The van der Waals surface area contributed by atoms with Crippen molar-refractivity contribution in [1.82, 2.24) is 5.32 Å². The Kier molecular flexibility index (Phi) is 3.27. The molecule has 0 spiro atoms. The molecule has 2 rings (SSSR count). The zero-order valence-corrected chi connectivity index (χ0v) is 10.2. The molecule has 17 heavy (non-hydrogen) atoms.